The third kappa shape index (κ3) is 3.32. The fourth-order valence-electron chi connectivity index (χ4n) is 1.55. The van der Waals surface area contributed by atoms with E-state index < -0.39 is 0 Å². The van der Waals surface area contributed by atoms with Crippen LogP contribution >= 0.6 is 27.5 Å². The lowest BCUT2D eigenvalue weighted by atomic mass is 10.1. The number of aromatic nitrogens is 2. The maximum Gasteiger partial charge on any atom is 0.138 e. The Hall–Kier alpha value is -0.350. The highest BCUT2D eigenvalue weighted by Crippen LogP contribution is 2.22. The standard InChI is InChI=1S/C11H16BrClN2O/c1-3-9-11(12)10(15(2)14-9)7-8(16)5-4-6-13/h3-7H2,1-2H3. The first-order valence-corrected chi connectivity index (χ1v) is 6.70. The minimum atomic E-state index is 0.215. The van der Waals surface area contributed by atoms with Crippen LogP contribution in [0.2, 0.25) is 0 Å². The second kappa shape index (κ2) is 6.40. The molecule has 1 aromatic heterocycles. The number of Topliss-reactive ketones (excluding diaryl/α,β-unsaturated/α-hetero) is 1. The molecule has 5 heteroatoms. The molecular weight excluding hydrogens is 291 g/mol. The Morgan fingerprint density at radius 3 is 2.75 bits per heavy atom. The van der Waals surface area contributed by atoms with Gasteiger partial charge in [-0.25, -0.2) is 0 Å². The molecule has 0 aliphatic carbocycles. The Morgan fingerprint density at radius 2 is 2.25 bits per heavy atom. The van der Waals surface area contributed by atoms with Crippen LogP contribution in [0.25, 0.3) is 0 Å². The van der Waals surface area contributed by atoms with Gasteiger partial charge in [-0.15, -0.1) is 11.6 Å². The van der Waals surface area contributed by atoms with Crippen molar-refractivity contribution >= 4 is 33.3 Å². The number of carbonyl (C=O) groups is 1. The van der Waals surface area contributed by atoms with E-state index in [4.69, 9.17) is 11.6 Å². The first-order chi connectivity index (χ1) is 7.60. The van der Waals surface area contributed by atoms with E-state index in [-0.39, 0.29) is 5.78 Å². The van der Waals surface area contributed by atoms with Crippen LogP contribution in [0, 0.1) is 0 Å². The molecule has 1 rings (SSSR count). The van der Waals surface area contributed by atoms with Crippen molar-refractivity contribution in [3.05, 3.63) is 15.9 Å². The monoisotopic (exact) mass is 306 g/mol. The van der Waals surface area contributed by atoms with Crippen LogP contribution in [0.3, 0.4) is 0 Å². The summed E-state index contributed by atoms with van der Waals surface area (Å²) in [4.78, 5) is 11.7. The second-order valence-electron chi connectivity index (χ2n) is 3.69. The maximum absolute atomic E-state index is 11.7. The fraction of sp³-hybridized carbons (Fsp3) is 0.636. The van der Waals surface area contributed by atoms with Gasteiger partial charge in [0.05, 0.1) is 15.9 Å². The van der Waals surface area contributed by atoms with Crippen molar-refractivity contribution in [3.63, 3.8) is 0 Å². The molecule has 0 bridgehead atoms. The SMILES string of the molecule is CCc1nn(C)c(CC(=O)CCCCl)c1Br. The molecule has 0 aliphatic heterocycles. The highest BCUT2D eigenvalue weighted by molar-refractivity contribution is 9.10. The van der Waals surface area contributed by atoms with Gasteiger partial charge < -0.3 is 0 Å². The predicted octanol–water partition coefficient (Wildman–Crippen LogP) is 2.88. The van der Waals surface area contributed by atoms with Gasteiger partial charge in [0.15, 0.2) is 0 Å². The van der Waals surface area contributed by atoms with Crippen molar-refractivity contribution in [3.8, 4) is 0 Å². The van der Waals surface area contributed by atoms with Gasteiger partial charge >= 0.3 is 0 Å². The lowest BCUT2D eigenvalue weighted by molar-refractivity contribution is -0.118. The van der Waals surface area contributed by atoms with Crippen molar-refractivity contribution < 1.29 is 4.79 Å². The van der Waals surface area contributed by atoms with Gasteiger partial charge in [-0.3, -0.25) is 9.48 Å². The Balaban J connectivity index is 2.73. The third-order valence-electron chi connectivity index (χ3n) is 2.46. The first kappa shape index (κ1) is 13.7. The van der Waals surface area contributed by atoms with Crippen LogP contribution in [0.5, 0.6) is 0 Å². The van der Waals surface area contributed by atoms with E-state index in [1.165, 1.54) is 0 Å². The summed E-state index contributed by atoms with van der Waals surface area (Å²) in [6.45, 7) is 2.05. The molecular formula is C11H16BrClN2O. The molecule has 1 aromatic rings. The molecule has 0 aliphatic rings. The van der Waals surface area contributed by atoms with E-state index in [0.717, 1.165) is 28.7 Å². The largest absolute Gasteiger partial charge is 0.299 e. The molecule has 1 heterocycles. The summed E-state index contributed by atoms with van der Waals surface area (Å²) in [7, 11) is 1.87. The smallest absolute Gasteiger partial charge is 0.138 e. The van der Waals surface area contributed by atoms with Crippen LogP contribution in [-0.2, 0) is 24.7 Å². The molecule has 0 atom stereocenters. The van der Waals surface area contributed by atoms with E-state index in [0.29, 0.717) is 18.7 Å². The Morgan fingerprint density at radius 1 is 1.56 bits per heavy atom. The minimum Gasteiger partial charge on any atom is -0.299 e. The normalized spacial score (nSPS) is 10.8. The van der Waals surface area contributed by atoms with E-state index in [1.807, 2.05) is 14.0 Å². The third-order valence-corrected chi connectivity index (χ3v) is 3.64. The van der Waals surface area contributed by atoms with Crippen LogP contribution < -0.4 is 0 Å². The Kier molecular flexibility index (Phi) is 5.49. The number of hydrogen-bond acceptors (Lipinski definition) is 2. The average molecular weight is 308 g/mol. The number of ketones is 1. The highest BCUT2D eigenvalue weighted by Gasteiger charge is 2.15. The summed E-state index contributed by atoms with van der Waals surface area (Å²) < 4.78 is 2.75. The summed E-state index contributed by atoms with van der Waals surface area (Å²) in [6, 6.07) is 0. The van der Waals surface area contributed by atoms with Crippen LogP contribution in [0.15, 0.2) is 4.47 Å². The van der Waals surface area contributed by atoms with Crippen LogP contribution in [0.4, 0.5) is 0 Å². The van der Waals surface area contributed by atoms with E-state index in [1.54, 1.807) is 4.68 Å². The van der Waals surface area contributed by atoms with Gasteiger partial charge in [0.1, 0.15) is 5.78 Å². The van der Waals surface area contributed by atoms with E-state index in [9.17, 15) is 4.79 Å². The zero-order valence-electron chi connectivity index (χ0n) is 9.59. The summed E-state index contributed by atoms with van der Waals surface area (Å²) in [6.07, 6.45) is 2.59. The topological polar surface area (TPSA) is 34.9 Å². The molecule has 0 amide bonds. The van der Waals surface area contributed by atoms with Gasteiger partial charge in [-0.05, 0) is 28.8 Å². The molecule has 3 nitrogen and oxygen atoms in total. The quantitative estimate of drug-likeness (QED) is 0.758. The number of hydrogen-bond donors (Lipinski definition) is 0. The van der Waals surface area contributed by atoms with Crippen molar-refractivity contribution in [1.82, 2.24) is 9.78 Å². The number of carbonyl (C=O) groups excluding carboxylic acids is 1. The Labute approximate surface area is 109 Å². The molecule has 16 heavy (non-hydrogen) atoms. The molecule has 0 spiro atoms. The number of rotatable bonds is 6. The zero-order valence-corrected chi connectivity index (χ0v) is 11.9. The molecule has 0 saturated carbocycles. The fourth-order valence-corrected chi connectivity index (χ4v) is 2.44. The predicted molar refractivity (Wildman–Crippen MR) is 69.0 cm³/mol. The van der Waals surface area contributed by atoms with Gasteiger partial charge in [-0.1, -0.05) is 6.92 Å². The Bertz CT molecular complexity index is 376. The van der Waals surface area contributed by atoms with Crippen molar-refractivity contribution in [2.75, 3.05) is 5.88 Å². The van der Waals surface area contributed by atoms with Crippen LogP contribution in [-0.4, -0.2) is 21.4 Å². The van der Waals surface area contributed by atoms with Crippen molar-refractivity contribution in [1.29, 1.82) is 0 Å². The zero-order chi connectivity index (χ0) is 12.1. The van der Waals surface area contributed by atoms with Gasteiger partial charge in [0, 0.05) is 25.8 Å². The molecule has 0 saturated heterocycles. The van der Waals surface area contributed by atoms with E-state index in [2.05, 4.69) is 21.0 Å². The number of aryl methyl sites for hydroxylation is 2. The van der Waals surface area contributed by atoms with Gasteiger partial charge in [0.2, 0.25) is 0 Å². The molecule has 0 unspecified atom stereocenters. The average Bonchev–Trinajstić information content (AvgIpc) is 2.53. The number of halogens is 2. The van der Waals surface area contributed by atoms with Gasteiger partial charge in [-0.2, -0.15) is 5.10 Å². The second-order valence-corrected chi connectivity index (χ2v) is 4.86. The molecule has 90 valence electrons. The van der Waals surface area contributed by atoms with E-state index >= 15 is 0 Å². The van der Waals surface area contributed by atoms with Crippen molar-refractivity contribution in [2.24, 2.45) is 7.05 Å². The minimum absolute atomic E-state index is 0.215. The number of alkyl halides is 1. The summed E-state index contributed by atoms with van der Waals surface area (Å²) in [5, 5.41) is 4.35. The number of nitrogens with zero attached hydrogens (tertiary/aromatic N) is 2. The summed E-state index contributed by atoms with van der Waals surface area (Å²) in [5.41, 5.74) is 1.96. The molecule has 0 N–H and O–H groups in total. The highest BCUT2D eigenvalue weighted by atomic mass is 79.9. The summed E-state index contributed by atoms with van der Waals surface area (Å²) in [5.74, 6) is 0.755. The lowest BCUT2D eigenvalue weighted by Gasteiger charge is -2.01. The summed E-state index contributed by atoms with van der Waals surface area (Å²) >= 11 is 9.06. The van der Waals surface area contributed by atoms with Crippen molar-refractivity contribution in [2.45, 2.75) is 32.6 Å². The molecule has 0 aromatic carbocycles. The first-order valence-electron chi connectivity index (χ1n) is 5.38. The maximum atomic E-state index is 11.7. The molecule has 0 fully saturated rings. The lowest BCUT2D eigenvalue weighted by Crippen LogP contribution is -2.08. The van der Waals surface area contributed by atoms with Crippen LogP contribution in [0.1, 0.15) is 31.2 Å². The molecule has 0 radical (unpaired) electrons. The van der Waals surface area contributed by atoms with Gasteiger partial charge in [0.25, 0.3) is 0 Å².